The molecule has 0 unspecified atom stereocenters. The van der Waals surface area contributed by atoms with Gasteiger partial charge in [-0.3, -0.25) is 9.98 Å². The minimum atomic E-state index is -0.421. The third kappa shape index (κ3) is 3.52. The highest BCUT2D eigenvalue weighted by atomic mass is 32.2. The van der Waals surface area contributed by atoms with E-state index in [-0.39, 0.29) is 11.5 Å². The summed E-state index contributed by atoms with van der Waals surface area (Å²) in [4.78, 5) is 11.5. The van der Waals surface area contributed by atoms with Crippen molar-refractivity contribution in [2.75, 3.05) is 0 Å². The Morgan fingerprint density at radius 2 is 2.33 bits per heavy atom. The number of aromatic nitrogens is 3. The molecule has 0 aliphatic carbocycles. The van der Waals surface area contributed by atoms with Gasteiger partial charge in [0.05, 0.1) is 0 Å². The van der Waals surface area contributed by atoms with E-state index in [0.717, 1.165) is 6.42 Å². The van der Waals surface area contributed by atoms with Gasteiger partial charge in [-0.15, -0.1) is 5.10 Å². The number of benzene rings is 1. The van der Waals surface area contributed by atoms with Crippen molar-refractivity contribution in [3.8, 4) is 0 Å². The molecule has 1 aromatic carbocycles. The molecule has 4 N–H and O–H groups in total. The van der Waals surface area contributed by atoms with Crippen LogP contribution in [0, 0.1) is 11.2 Å². The van der Waals surface area contributed by atoms with Gasteiger partial charge in [-0.05, 0) is 18.1 Å². The molecule has 2 rings (SSSR count). The fraction of sp³-hybridized carbons (Fsp3) is 0.308. The van der Waals surface area contributed by atoms with Crippen molar-refractivity contribution in [1.29, 1.82) is 5.41 Å². The number of nitrogens with two attached hydrogens (primary N) is 1. The maximum Gasteiger partial charge on any atom is 0.343 e. The predicted octanol–water partition coefficient (Wildman–Crippen LogP) is 1.70. The monoisotopic (exact) mass is 309 g/mol. The molecule has 0 aliphatic rings. The Morgan fingerprint density at radius 3 is 2.95 bits per heavy atom. The molecule has 0 bridgehead atoms. The van der Waals surface area contributed by atoms with Gasteiger partial charge >= 0.3 is 5.69 Å². The van der Waals surface area contributed by atoms with Crippen LogP contribution in [0.25, 0.3) is 0 Å². The number of halogens is 1. The van der Waals surface area contributed by atoms with Gasteiger partial charge in [-0.2, -0.15) is 0 Å². The minimum absolute atomic E-state index is 0.169. The first-order valence-corrected chi connectivity index (χ1v) is 7.42. The van der Waals surface area contributed by atoms with Crippen LogP contribution >= 0.6 is 11.8 Å². The molecule has 0 fully saturated rings. The van der Waals surface area contributed by atoms with Gasteiger partial charge < -0.3 is 5.73 Å². The molecule has 21 heavy (non-hydrogen) atoms. The summed E-state index contributed by atoms with van der Waals surface area (Å²) in [5.74, 6) is -0.245. The number of nitrogen functional groups attached to an aromatic ring is 1. The topological polar surface area (TPSA) is 101 Å². The molecule has 0 saturated heterocycles. The third-order valence-corrected chi connectivity index (χ3v) is 3.92. The first kappa shape index (κ1) is 15.3. The van der Waals surface area contributed by atoms with Crippen LogP contribution in [0.15, 0.2) is 28.2 Å². The van der Waals surface area contributed by atoms with Crippen molar-refractivity contribution < 1.29 is 4.39 Å². The number of H-pyrrole nitrogens is 1. The standard InChI is InChI=1S/C13H16FN5OS/c1-2-5-19-12(20)17-18-13(19)21-7-9-4-3-8(11(15)16)6-10(9)14/h3-4,6H,2,5,7H2,1H3,(H3,15,16)(H,17,20). The number of amidine groups is 1. The Labute approximate surface area is 125 Å². The molecule has 0 amide bonds. The Morgan fingerprint density at radius 1 is 1.57 bits per heavy atom. The van der Waals surface area contributed by atoms with E-state index in [0.29, 0.717) is 28.6 Å². The maximum absolute atomic E-state index is 13.9. The van der Waals surface area contributed by atoms with E-state index in [9.17, 15) is 9.18 Å². The van der Waals surface area contributed by atoms with Crippen LogP contribution in [-0.2, 0) is 12.3 Å². The van der Waals surface area contributed by atoms with Crippen molar-refractivity contribution in [1.82, 2.24) is 14.8 Å². The number of thioether (sulfide) groups is 1. The second kappa shape index (κ2) is 6.57. The van der Waals surface area contributed by atoms with E-state index >= 15 is 0 Å². The second-order valence-electron chi connectivity index (χ2n) is 4.47. The Hall–Kier alpha value is -2.09. The number of rotatable bonds is 6. The molecule has 0 atom stereocenters. The Balaban J connectivity index is 2.13. The molecule has 8 heteroatoms. The lowest BCUT2D eigenvalue weighted by molar-refractivity contribution is 0.602. The van der Waals surface area contributed by atoms with Gasteiger partial charge in [0.15, 0.2) is 5.16 Å². The summed E-state index contributed by atoms with van der Waals surface area (Å²) in [5, 5.41) is 14.1. The van der Waals surface area contributed by atoms with Gasteiger partial charge in [0.1, 0.15) is 11.7 Å². The first-order chi connectivity index (χ1) is 10.0. The summed E-state index contributed by atoms with van der Waals surface area (Å²) >= 11 is 1.29. The molecular weight excluding hydrogens is 293 g/mol. The van der Waals surface area contributed by atoms with E-state index in [1.807, 2.05) is 6.92 Å². The largest absolute Gasteiger partial charge is 0.384 e. The molecule has 0 aliphatic heterocycles. The fourth-order valence-electron chi connectivity index (χ4n) is 1.81. The van der Waals surface area contributed by atoms with Crippen molar-refractivity contribution in [3.63, 3.8) is 0 Å². The highest BCUT2D eigenvalue weighted by molar-refractivity contribution is 7.98. The molecule has 6 nitrogen and oxygen atoms in total. The number of nitrogens with one attached hydrogen (secondary N) is 2. The Bertz CT molecular complexity index is 709. The second-order valence-corrected chi connectivity index (χ2v) is 5.41. The summed E-state index contributed by atoms with van der Waals surface area (Å²) in [6.45, 7) is 2.54. The predicted molar refractivity (Wildman–Crippen MR) is 80.1 cm³/mol. The molecule has 1 aromatic heterocycles. The summed E-state index contributed by atoms with van der Waals surface area (Å²) in [6, 6.07) is 4.43. The first-order valence-electron chi connectivity index (χ1n) is 6.43. The van der Waals surface area contributed by atoms with Crippen molar-refractivity contribution in [3.05, 3.63) is 45.6 Å². The lowest BCUT2D eigenvalue weighted by atomic mass is 10.1. The van der Waals surface area contributed by atoms with Crippen LogP contribution in [0.5, 0.6) is 0 Å². The van der Waals surface area contributed by atoms with Gasteiger partial charge in [0.2, 0.25) is 0 Å². The Kier molecular flexibility index (Phi) is 4.79. The van der Waals surface area contributed by atoms with E-state index in [4.69, 9.17) is 11.1 Å². The number of aromatic amines is 1. The zero-order valence-electron chi connectivity index (χ0n) is 11.5. The van der Waals surface area contributed by atoms with E-state index < -0.39 is 5.82 Å². The van der Waals surface area contributed by atoms with Crippen LogP contribution < -0.4 is 11.4 Å². The third-order valence-electron chi connectivity index (χ3n) is 2.89. The summed E-state index contributed by atoms with van der Waals surface area (Å²) in [7, 11) is 0. The van der Waals surface area contributed by atoms with E-state index in [1.165, 1.54) is 22.4 Å². The SMILES string of the molecule is CCCn1c(SCc2ccc(C(=N)N)cc2F)n[nH]c1=O. The van der Waals surface area contributed by atoms with Crippen molar-refractivity contribution in [2.24, 2.45) is 5.73 Å². The normalized spacial score (nSPS) is 10.8. The lowest BCUT2D eigenvalue weighted by Crippen LogP contribution is -2.17. The van der Waals surface area contributed by atoms with Gasteiger partial charge in [-0.1, -0.05) is 30.8 Å². The average Bonchev–Trinajstić information content (AvgIpc) is 2.79. The smallest absolute Gasteiger partial charge is 0.343 e. The molecule has 0 radical (unpaired) electrons. The fourth-order valence-corrected chi connectivity index (χ4v) is 2.77. The molecular formula is C13H16FN5OS. The zero-order chi connectivity index (χ0) is 15.4. The molecule has 112 valence electrons. The van der Waals surface area contributed by atoms with Crippen LogP contribution in [0.4, 0.5) is 4.39 Å². The summed E-state index contributed by atoms with van der Waals surface area (Å²) in [6.07, 6.45) is 0.814. The zero-order valence-corrected chi connectivity index (χ0v) is 12.3. The van der Waals surface area contributed by atoms with Crippen LogP contribution in [0.1, 0.15) is 24.5 Å². The van der Waals surface area contributed by atoms with Crippen LogP contribution in [0.2, 0.25) is 0 Å². The molecule has 2 aromatic rings. The number of nitrogens with zero attached hydrogens (tertiary/aromatic N) is 2. The molecule has 1 heterocycles. The van der Waals surface area contributed by atoms with Crippen LogP contribution in [0.3, 0.4) is 0 Å². The van der Waals surface area contributed by atoms with Gasteiger partial charge in [0.25, 0.3) is 0 Å². The maximum atomic E-state index is 13.9. The summed E-state index contributed by atoms with van der Waals surface area (Å²) in [5.41, 5.74) is 5.88. The highest BCUT2D eigenvalue weighted by Crippen LogP contribution is 2.22. The summed E-state index contributed by atoms with van der Waals surface area (Å²) < 4.78 is 15.4. The van der Waals surface area contributed by atoms with Crippen LogP contribution in [-0.4, -0.2) is 20.6 Å². The minimum Gasteiger partial charge on any atom is -0.384 e. The number of hydrogen-bond donors (Lipinski definition) is 3. The average molecular weight is 309 g/mol. The van der Waals surface area contributed by atoms with Crippen molar-refractivity contribution >= 4 is 17.6 Å². The molecule has 0 saturated carbocycles. The van der Waals surface area contributed by atoms with Crippen molar-refractivity contribution in [2.45, 2.75) is 30.8 Å². The van der Waals surface area contributed by atoms with Gasteiger partial charge in [0, 0.05) is 17.9 Å². The quantitative estimate of drug-likeness (QED) is 0.429. The van der Waals surface area contributed by atoms with E-state index in [1.54, 1.807) is 12.1 Å². The molecule has 0 spiro atoms. The van der Waals surface area contributed by atoms with E-state index in [2.05, 4.69) is 10.2 Å². The highest BCUT2D eigenvalue weighted by Gasteiger charge is 2.11. The lowest BCUT2D eigenvalue weighted by Gasteiger charge is -2.06. The number of hydrogen-bond acceptors (Lipinski definition) is 4. The van der Waals surface area contributed by atoms with Gasteiger partial charge in [-0.25, -0.2) is 14.3 Å².